The summed E-state index contributed by atoms with van der Waals surface area (Å²) in [7, 11) is 0. The number of benzene rings is 2. The maximum absolute atomic E-state index is 9.15. The second-order valence-electron chi connectivity index (χ2n) is 6.48. The Labute approximate surface area is 144 Å². The zero-order valence-electron chi connectivity index (χ0n) is 14.6. The fourth-order valence-corrected chi connectivity index (χ4v) is 3.10. The molecule has 0 aliphatic carbocycles. The first-order valence-electron chi connectivity index (χ1n) is 8.86. The molecule has 126 valence electrons. The van der Waals surface area contributed by atoms with Crippen LogP contribution in [0.1, 0.15) is 49.6 Å². The van der Waals surface area contributed by atoms with E-state index in [9.17, 15) is 0 Å². The smallest absolute Gasteiger partial charge is 0.110 e. The van der Waals surface area contributed by atoms with Crippen molar-refractivity contribution in [2.24, 2.45) is 0 Å². The summed E-state index contributed by atoms with van der Waals surface area (Å²) in [6.45, 7) is 5.52. The summed E-state index contributed by atoms with van der Waals surface area (Å²) in [5.74, 6) is 1.66. The van der Waals surface area contributed by atoms with Gasteiger partial charge in [-0.25, -0.2) is 4.98 Å². The summed E-state index contributed by atoms with van der Waals surface area (Å²) < 4.78 is 2.28. The Kier molecular flexibility index (Phi) is 5.31. The van der Waals surface area contributed by atoms with Gasteiger partial charge in [0, 0.05) is 19.6 Å². The van der Waals surface area contributed by atoms with Crippen LogP contribution in [0.4, 0.5) is 0 Å². The van der Waals surface area contributed by atoms with Crippen LogP contribution in [0.15, 0.2) is 48.5 Å². The number of hydrogen-bond donors (Lipinski definition) is 1. The van der Waals surface area contributed by atoms with E-state index in [1.165, 1.54) is 11.1 Å². The van der Waals surface area contributed by atoms with E-state index in [2.05, 4.69) is 60.9 Å². The number of aliphatic hydroxyl groups is 1. The lowest BCUT2D eigenvalue weighted by atomic mass is 9.97. The topological polar surface area (TPSA) is 38.0 Å². The third-order valence-corrected chi connectivity index (χ3v) is 4.79. The molecule has 3 rings (SSSR count). The van der Waals surface area contributed by atoms with Crippen molar-refractivity contribution in [2.45, 2.75) is 45.6 Å². The highest BCUT2D eigenvalue weighted by Crippen LogP contribution is 2.22. The van der Waals surface area contributed by atoms with Gasteiger partial charge >= 0.3 is 0 Å². The summed E-state index contributed by atoms with van der Waals surface area (Å²) in [4.78, 5) is 4.76. The maximum atomic E-state index is 9.15. The molecule has 0 spiro atoms. The lowest BCUT2D eigenvalue weighted by Crippen LogP contribution is -2.06. The van der Waals surface area contributed by atoms with E-state index < -0.39 is 0 Å². The minimum Gasteiger partial charge on any atom is -0.396 e. The molecule has 0 amide bonds. The van der Waals surface area contributed by atoms with Gasteiger partial charge in [0.25, 0.3) is 0 Å². The number of para-hydroxylation sites is 2. The van der Waals surface area contributed by atoms with Gasteiger partial charge in [-0.15, -0.1) is 0 Å². The van der Waals surface area contributed by atoms with Crippen LogP contribution in [-0.4, -0.2) is 21.3 Å². The maximum Gasteiger partial charge on any atom is 0.110 e. The van der Waals surface area contributed by atoms with Crippen molar-refractivity contribution in [3.05, 3.63) is 65.5 Å². The number of rotatable bonds is 7. The van der Waals surface area contributed by atoms with Gasteiger partial charge < -0.3 is 9.67 Å². The minimum absolute atomic E-state index is 0.201. The predicted molar refractivity (Wildman–Crippen MR) is 99.4 cm³/mol. The summed E-state index contributed by atoms with van der Waals surface area (Å²) in [6.07, 6.45) is 2.71. The van der Waals surface area contributed by atoms with Crippen LogP contribution in [0.3, 0.4) is 0 Å². The molecule has 3 aromatic rings. The van der Waals surface area contributed by atoms with Gasteiger partial charge in [0.05, 0.1) is 11.0 Å². The number of imidazole rings is 1. The van der Waals surface area contributed by atoms with Crippen LogP contribution in [0.2, 0.25) is 0 Å². The normalized spacial score (nSPS) is 12.6. The molecule has 0 aliphatic heterocycles. The van der Waals surface area contributed by atoms with Gasteiger partial charge in [-0.3, -0.25) is 0 Å². The zero-order valence-corrected chi connectivity index (χ0v) is 14.6. The molecule has 0 bridgehead atoms. The molecule has 1 unspecified atom stereocenters. The molecule has 24 heavy (non-hydrogen) atoms. The van der Waals surface area contributed by atoms with E-state index in [0.29, 0.717) is 5.92 Å². The lowest BCUT2D eigenvalue weighted by molar-refractivity contribution is 0.287. The zero-order chi connectivity index (χ0) is 16.9. The molecule has 0 radical (unpaired) electrons. The van der Waals surface area contributed by atoms with Crippen molar-refractivity contribution in [2.75, 3.05) is 6.61 Å². The first kappa shape index (κ1) is 16.7. The van der Waals surface area contributed by atoms with E-state index in [1.807, 2.05) is 6.07 Å². The van der Waals surface area contributed by atoms with Crippen LogP contribution >= 0.6 is 0 Å². The SMILES string of the molecule is CCC(C)c1ccc(Cn2c(CCCO)nc3ccccc32)cc1. The minimum atomic E-state index is 0.201. The summed E-state index contributed by atoms with van der Waals surface area (Å²) >= 11 is 0. The Morgan fingerprint density at radius 3 is 2.54 bits per heavy atom. The second-order valence-corrected chi connectivity index (χ2v) is 6.48. The number of hydrogen-bond acceptors (Lipinski definition) is 2. The molecule has 1 heterocycles. The molecule has 1 N–H and O–H groups in total. The summed E-state index contributed by atoms with van der Waals surface area (Å²) in [5.41, 5.74) is 4.88. The van der Waals surface area contributed by atoms with Crippen molar-refractivity contribution < 1.29 is 5.11 Å². The van der Waals surface area contributed by atoms with Crippen LogP contribution in [0.25, 0.3) is 11.0 Å². The van der Waals surface area contributed by atoms with E-state index in [4.69, 9.17) is 10.1 Å². The number of aromatic nitrogens is 2. The lowest BCUT2D eigenvalue weighted by Gasteiger charge is -2.12. The van der Waals surface area contributed by atoms with Crippen LogP contribution in [0, 0.1) is 0 Å². The van der Waals surface area contributed by atoms with Gasteiger partial charge in [-0.05, 0) is 42.0 Å². The van der Waals surface area contributed by atoms with Crippen LogP contribution < -0.4 is 0 Å². The first-order valence-corrected chi connectivity index (χ1v) is 8.86. The molecular weight excluding hydrogens is 296 g/mol. The fraction of sp³-hybridized carbons (Fsp3) is 0.381. The van der Waals surface area contributed by atoms with Crippen molar-refractivity contribution in [1.82, 2.24) is 9.55 Å². The molecule has 3 heteroatoms. The predicted octanol–water partition coefficient (Wildman–Crippen LogP) is 4.52. The third-order valence-electron chi connectivity index (χ3n) is 4.79. The average Bonchev–Trinajstić information content (AvgIpc) is 2.97. The van der Waals surface area contributed by atoms with Crippen molar-refractivity contribution in [1.29, 1.82) is 0 Å². The number of nitrogens with zero attached hydrogens (tertiary/aromatic N) is 2. The molecule has 0 aliphatic rings. The van der Waals surface area contributed by atoms with E-state index in [1.54, 1.807) is 0 Å². The average molecular weight is 322 g/mol. The molecule has 1 aromatic heterocycles. The van der Waals surface area contributed by atoms with Gasteiger partial charge in [0.2, 0.25) is 0 Å². The molecule has 1 atom stereocenters. The first-order chi connectivity index (χ1) is 11.7. The number of aryl methyl sites for hydroxylation is 1. The van der Waals surface area contributed by atoms with Gasteiger partial charge in [-0.2, -0.15) is 0 Å². The highest BCUT2D eigenvalue weighted by molar-refractivity contribution is 5.76. The highest BCUT2D eigenvalue weighted by atomic mass is 16.2. The Balaban J connectivity index is 1.90. The van der Waals surface area contributed by atoms with Crippen molar-refractivity contribution in [3.63, 3.8) is 0 Å². The fourth-order valence-electron chi connectivity index (χ4n) is 3.10. The molecule has 0 fully saturated rings. The Morgan fingerprint density at radius 1 is 1.08 bits per heavy atom. The van der Waals surface area contributed by atoms with E-state index in [0.717, 1.165) is 42.7 Å². The summed E-state index contributed by atoms with van der Waals surface area (Å²) in [5, 5.41) is 9.15. The van der Waals surface area contributed by atoms with Crippen molar-refractivity contribution in [3.8, 4) is 0 Å². The van der Waals surface area contributed by atoms with Gasteiger partial charge in [0.1, 0.15) is 5.82 Å². The molecule has 3 nitrogen and oxygen atoms in total. The standard InChI is InChI=1S/C21H26N2O/c1-3-16(2)18-12-10-17(11-13-18)15-23-20-8-5-4-7-19(20)22-21(23)9-6-14-24/h4-5,7-8,10-13,16,24H,3,6,9,14-15H2,1-2H3. The van der Waals surface area contributed by atoms with E-state index >= 15 is 0 Å². The Hall–Kier alpha value is -2.13. The summed E-state index contributed by atoms with van der Waals surface area (Å²) in [6, 6.07) is 17.2. The largest absolute Gasteiger partial charge is 0.396 e. The Morgan fingerprint density at radius 2 is 1.83 bits per heavy atom. The quantitative estimate of drug-likeness (QED) is 0.694. The van der Waals surface area contributed by atoms with Crippen LogP contribution in [-0.2, 0) is 13.0 Å². The highest BCUT2D eigenvalue weighted by Gasteiger charge is 2.11. The van der Waals surface area contributed by atoms with Crippen molar-refractivity contribution >= 4 is 11.0 Å². The second kappa shape index (κ2) is 7.63. The van der Waals surface area contributed by atoms with E-state index in [-0.39, 0.29) is 6.61 Å². The number of aliphatic hydroxyl groups excluding tert-OH is 1. The van der Waals surface area contributed by atoms with Gasteiger partial charge in [0.15, 0.2) is 0 Å². The molecule has 0 saturated carbocycles. The third kappa shape index (κ3) is 3.51. The molecule has 2 aromatic carbocycles. The Bertz CT molecular complexity index is 789. The van der Waals surface area contributed by atoms with Crippen LogP contribution in [0.5, 0.6) is 0 Å². The monoisotopic (exact) mass is 322 g/mol. The van der Waals surface area contributed by atoms with Gasteiger partial charge in [-0.1, -0.05) is 50.2 Å². The molecular formula is C21H26N2O. The number of fused-ring (bicyclic) bond motifs is 1. The molecule has 0 saturated heterocycles.